The van der Waals surface area contributed by atoms with Gasteiger partial charge in [0.2, 0.25) is 5.95 Å². The van der Waals surface area contributed by atoms with E-state index < -0.39 is 0 Å². The Morgan fingerprint density at radius 1 is 1.05 bits per heavy atom. The summed E-state index contributed by atoms with van der Waals surface area (Å²) >= 11 is 0. The number of hydrogen-bond donors (Lipinski definition) is 3. The minimum atomic E-state index is -0.382. The molecule has 2 fully saturated rings. The fraction of sp³-hybridized carbons (Fsp3) is 0.633. The van der Waals surface area contributed by atoms with Crippen molar-refractivity contribution in [3.63, 3.8) is 0 Å². The molecule has 216 valence electrons. The van der Waals surface area contributed by atoms with Crippen LogP contribution in [0, 0.1) is 18.7 Å². The van der Waals surface area contributed by atoms with Crippen LogP contribution in [-0.2, 0) is 0 Å². The van der Waals surface area contributed by atoms with Crippen LogP contribution in [0.3, 0.4) is 0 Å². The summed E-state index contributed by atoms with van der Waals surface area (Å²) in [6.45, 7) is 6.99. The van der Waals surface area contributed by atoms with Crippen LogP contribution in [-0.4, -0.2) is 48.1 Å². The molecule has 0 radical (unpaired) electrons. The van der Waals surface area contributed by atoms with Gasteiger partial charge in [-0.25, -0.2) is 9.37 Å². The number of aromatic nitrogens is 2. The Bertz CT molecular complexity index is 1030. The summed E-state index contributed by atoms with van der Waals surface area (Å²) in [5, 5.41) is 9.82. The van der Waals surface area contributed by atoms with Crippen LogP contribution in [0.1, 0.15) is 93.5 Å². The smallest absolute Gasteiger partial charge is 0.251 e. The number of rotatable bonds is 5. The van der Waals surface area contributed by atoms with E-state index in [1.54, 1.807) is 6.07 Å². The van der Waals surface area contributed by atoms with E-state index in [1.165, 1.54) is 70.4 Å². The highest BCUT2D eigenvalue weighted by atomic mass is 35.5. The van der Waals surface area contributed by atoms with Gasteiger partial charge >= 0.3 is 0 Å². The van der Waals surface area contributed by atoms with Crippen molar-refractivity contribution in [3.05, 3.63) is 41.3 Å². The van der Waals surface area contributed by atoms with E-state index in [2.05, 4.69) is 30.8 Å². The van der Waals surface area contributed by atoms with E-state index >= 15 is 4.39 Å². The molecular weight excluding hydrogens is 515 g/mol. The molecule has 1 amide bonds. The van der Waals surface area contributed by atoms with Crippen molar-refractivity contribution < 1.29 is 9.18 Å². The fourth-order valence-electron chi connectivity index (χ4n) is 5.79. The van der Waals surface area contributed by atoms with Gasteiger partial charge in [-0.15, -0.1) is 12.4 Å². The lowest BCUT2D eigenvalue weighted by Crippen LogP contribution is -2.41. The second kappa shape index (κ2) is 16.0. The van der Waals surface area contributed by atoms with Gasteiger partial charge in [-0.3, -0.25) is 4.79 Å². The number of halogens is 2. The average molecular weight is 561 g/mol. The lowest BCUT2D eigenvalue weighted by molar-refractivity contribution is 0.0955. The number of amides is 1. The Kier molecular flexibility index (Phi) is 12.7. The summed E-state index contributed by atoms with van der Waals surface area (Å²) in [6.07, 6.45) is 15.2. The number of hydrogen-bond acceptors (Lipinski definition) is 6. The first-order valence-electron chi connectivity index (χ1n) is 14.7. The molecule has 1 aromatic heterocycles. The van der Waals surface area contributed by atoms with E-state index in [9.17, 15) is 4.79 Å². The van der Waals surface area contributed by atoms with Gasteiger partial charge < -0.3 is 20.9 Å². The van der Waals surface area contributed by atoms with Crippen molar-refractivity contribution in [2.75, 3.05) is 36.4 Å². The molecule has 0 spiro atoms. The first kappa shape index (κ1) is 31.1. The van der Waals surface area contributed by atoms with Crippen LogP contribution in [0.2, 0.25) is 0 Å². The molecule has 2 atom stereocenters. The minimum absolute atomic E-state index is 0. The van der Waals surface area contributed by atoms with Gasteiger partial charge in [0, 0.05) is 36.9 Å². The summed E-state index contributed by atoms with van der Waals surface area (Å²) in [6, 6.07) is 5.86. The highest BCUT2D eigenvalue weighted by molar-refractivity contribution is 5.96. The lowest BCUT2D eigenvalue weighted by Gasteiger charge is -2.28. The molecule has 4 rings (SSSR count). The van der Waals surface area contributed by atoms with E-state index in [0.717, 1.165) is 37.3 Å². The molecule has 9 heteroatoms. The number of carbonyl (C=O) groups excluding carboxylic acids is 1. The molecule has 2 aromatic rings. The zero-order valence-electron chi connectivity index (χ0n) is 23.6. The molecule has 3 heterocycles. The molecule has 2 aliphatic rings. The Labute approximate surface area is 239 Å². The quantitative estimate of drug-likeness (QED) is 0.385. The van der Waals surface area contributed by atoms with Crippen molar-refractivity contribution in [2.24, 2.45) is 5.92 Å². The SMILES string of the molecule is CCNC(=O)c1ccc(Nc2ncc(F)c(N3C[C@H]4CCCCCCCCCCN[C@H](CC4)C3)n2)cc1C.Cl. The third-order valence-electron chi connectivity index (χ3n) is 7.90. The van der Waals surface area contributed by atoms with Crippen molar-refractivity contribution >= 4 is 35.8 Å². The molecule has 3 N–H and O–H groups in total. The summed E-state index contributed by atoms with van der Waals surface area (Å²) < 4.78 is 15.2. The van der Waals surface area contributed by atoms with E-state index in [4.69, 9.17) is 0 Å². The highest BCUT2D eigenvalue weighted by Crippen LogP contribution is 2.28. The van der Waals surface area contributed by atoms with Crippen LogP contribution in [0.15, 0.2) is 24.4 Å². The molecule has 0 unspecified atom stereocenters. The van der Waals surface area contributed by atoms with Crippen LogP contribution in [0.4, 0.5) is 21.8 Å². The van der Waals surface area contributed by atoms with E-state index in [0.29, 0.717) is 35.8 Å². The molecule has 2 saturated heterocycles. The number of fused-ring (bicyclic) bond motifs is 3. The number of carbonyl (C=O) groups is 1. The largest absolute Gasteiger partial charge is 0.352 e. The third-order valence-corrected chi connectivity index (χ3v) is 7.90. The van der Waals surface area contributed by atoms with Crippen molar-refractivity contribution in [3.8, 4) is 0 Å². The van der Waals surface area contributed by atoms with Gasteiger partial charge in [-0.1, -0.05) is 44.9 Å². The molecule has 2 bridgehead atoms. The maximum atomic E-state index is 15.2. The van der Waals surface area contributed by atoms with Gasteiger partial charge in [-0.2, -0.15) is 4.98 Å². The molecule has 1 aromatic carbocycles. The fourth-order valence-corrected chi connectivity index (χ4v) is 5.79. The predicted octanol–water partition coefficient (Wildman–Crippen LogP) is 6.54. The van der Waals surface area contributed by atoms with Gasteiger partial charge in [0.25, 0.3) is 5.91 Å². The highest BCUT2D eigenvalue weighted by Gasteiger charge is 2.27. The Morgan fingerprint density at radius 3 is 2.54 bits per heavy atom. The molecule has 0 saturated carbocycles. The predicted molar refractivity (Wildman–Crippen MR) is 160 cm³/mol. The number of aryl methyl sites for hydroxylation is 1. The lowest BCUT2D eigenvalue weighted by atomic mass is 9.95. The summed E-state index contributed by atoms with van der Waals surface area (Å²) in [5.41, 5.74) is 2.26. The first-order chi connectivity index (χ1) is 18.5. The first-order valence-corrected chi connectivity index (χ1v) is 14.7. The standard InChI is InChI=1S/C30H45FN6O.ClH/c1-3-32-29(38)26-16-15-24(18-22(26)2)35-30-34-19-27(31)28(36-30)37-20-23-12-10-8-6-4-5-7-9-11-17-33-25(21-37)14-13-23;/h15-16,18-19,23,25,33H,3-14,17,20-21H2,1-2H3,(H,32,38)(H,34,35,36);1H/t23-,25+;/m0./s1. The maximum Gasteiger partial charge on any atom is 0.251 e. The van der Waals surface area contributed by atoms with Crippen molar-refractivity contribution in [2.45, 2.75) is 90.5 Å². The maximum absolute atomic E-state index is 15.2. The number of nitrogens with zero attached hydrogens (tertiary/aromatic N) is 3. The number of anilines is 3. The summed E-state index contributed by atoms with van der Waals surface area (Å²) in [7, 11) is 0. The zero-order chi connectivity index (χ0) is 26.7. The van der Waals surface area contributed by atoms with Crippen LogP contribution in [0.25, 0.3) is 0 Å². The Balaban J connectivity index is 0.00000420. The molecule has 39 heavy (non-hydrogen) atoms. The van der Waals surface area contributed by atoms with Crippen LogP contribution >= 0.6 is 12.4 Å². The zero-order valence-corrected chi connectivity index (χ0v) is 24.4. The second-order valence-corrected chi connectivity index (χ2v) is 11.0. The second-order valence-electron chi connectivity index (χ2n) is 11.0. The summed E-state index contributed by atoms with van der Waals surface area (Å²) in [5.74, 6) is 0.805. The average Bonchev–Trinajstić information content (AvgIpc) is 3.10. The molecule has 2 aliphatic heterocycles. The Hall–Kier alpha value is -2.45. The third kappa shape index (κ3) is 9.31. The molecular formula is C30H46ClFN6O. The summed E-state index contributed by atoms with van der Waals surface area (Å²) in [4.78, 5) is 23.3. The van der Waals surface area contributed by atoms with E-state index in [-0.39, 0.29) is 24.1 Å². The minimum Gasteiger partial charge on any atom is -0.352 e. The molecule has 0 aliphatic carbocycles. The van der Waals surface area contributed by atoms with Crippen LogP contribution < -0.4 is 20.9 Å². The monoisotopic (exact) mass is 560 g/mol. The van der Waals surface area contributed by atoms with Gasteiger partial charge in [0.15, 0.2) is 11.6 Å². The van der Waals surface area contributed by atoms with Crippen LogP contribution in [0.5, 0.6) is 0 Å². The topological polar surface area (TPSA) is 82.2 Å². The molecule has 7 nitrogen and oxygen atoms in total. The van der Waals surface area contributed by atoms with E-state index in [1.807, 2.05) is 26.0 Å². The van der Waals surface area contributed by atoms with Crippen molar-refractivity contribution in [1.82, 2.24) is 20.6 Å². The number of benzene rings is 1. The van der Waals surface area contributed by atoms with Gasteiger partial charge in [0.05, 0.1) is 6.20 Å². The van der Waals surface area contributed by atoms with Gasteiger partial charge in [-0.05, 0) is 75.8 Å². The van der Waals surface area contributed by atoms with Gasteiger partial charge in [0.1, 0.15) is 0 Å². The normalized spacial score (nSPS) is 21.2. The van der Waals surface area contributed by atoms with Crippen molar-refractivity contribution in [1.29, 1.82) is 0 Å². The number of nitrogens with one attached hydrogen (secondary N) is 3. The Morgan fingerprint density at radius 2 is 1.79 bits per heavy atom.